The van der Waals surface area contributed by atoms with Gasteiger partial charge in [-0.1, -0.05) is 0 Å². The van der Waals surface area contributed by atoms with Crippen molar-refractivity contribution in [1.82, 2.24) is 9.78 Å². The predicted octanol–water partition coefficient (Wildman–Crippen LogP) is 3.00. The maximum absolute atomic E-state index is 11.4. The highest BCUT2D eigenvalue weighted by molar-refractivity contribution is 5.73. The van der Waals surface area contributed by atoms with E-state index in [1.807, 2.05) is 0 Å². The first-order valence-electron chi connectivity index (χ1n) is 7.47. The number of nitro groups is 1. The number of benzene rings is 1. The van der Waals surface area contributed by atoms with Gasteiger partial charge in [-0.3, -0.25) is 19.8 Å². The molecule has 0 radical (unpaired) electrons. The summed E-state index contributed by atoms with van der Waals surface area (Å²) in [4.78, 5) is 15.0. The number of hydrogen-bond donors (Lipinski definition) is 0. The molecule has 1 aromatic carbocycles. The third-order valence-corrected chi connectivity index (χ3v) is 3.67. The summed E-state index contributed by atoms with van der Waals surface area (Å²) < 4.78 is 12.3. The molecule has 8 heteroatoms. The van der Waals surface area contributed by atoms with Crippen LogP contribution in [0.1, 0.15) is 5.56 Å². The lowest BCUT2D eigenvalue weighted by Crippen LogP contribution is -2.00. The van der Waals surface area contributed by atoms with Crippen molar-refractivity contribution in [2.45, 2.75) is 6.42 Å². The fourth-order valence-corrected chi connectivity index (χ4v) is 2.54. The van der Waals surface area contributed by atoms with Crippen molar-refractivity contribution in [3.8, 4) is 16.9 Å². The van der Waals surface area contributed by atoms with Crippen LogP contribution in [-0.4, -0.2) is 28.0 Å². The van der Waals surface area contributed by atoms with Crippen molar-refractivity contribution >= 4 is 11.9 Å². The van der Waals surface area contributed by atoms with Crippen molar-refractivity contribution in [2.24, 2.45) is 12.0 Å². The van der Waals surface area contributed by atoms with Gasteiger partial charge in [-0.25, -0.2) is 0 Å². The van der Waals surface area contributed by atoms with E-state index in [1.165, 1.54) is 19.4 Å². The number of allylic oxidation sites excluding steroid dienone is 2. The first-order valence-corrected chi connectivity index (χ1v) is 7.47. The zero-order valence-corrected chi connectivity index (χ0v) is 13.7. The molecule has 8 nitrogen and oxygen atoms in total. The van der Waals surface area contributed by atoms with E-state index in [2.05, 4.69) is 10.1 Å². The molecule has 1 aromatic heterocycles. The van der Waals surface area contributed by atoms with Gasteiger partial charge in [0.2, 0.25) is 0 Å². The Labute approximate surface area is 143 Å². The molecule has 0 spiro atoms. The highest BCUT2D eigenvalue weighted by Crippen LogP contribution is 2.36. The Morgan fingerprint density at radius 3 is 2.92 bits per heavy atom. The number of methoxy groups -OCH3 is 1. The van der Waals surface area contributed by atoms with Gasteiger partial charge in [0.1, 0.15) is 5.76 Å². The molecule has 0 saturated carbocycles. The van der Waals surface area contributed by atoms with Crippen molar-refractivity contribution in [2.75, 3.05) is 7.11 Å². The third kappa shape index (κ3) is 3.57. The average molecular weight is 340 g/mol. The lowest BCUT2D eigenvalue weighted by Gasteiger charge is -2.12. The van der Waals surface area contributed by atoms with Crippen LogP contribution in [0, 0.1) is 10.1 Å². The van der Waals surface area contributed by atoms with E-state index in [-0.39, 0.29) is 11.4 Å². The zero-order chi connectivity index (χ0) is 17.8. The van der Waals surface area contributed by atoms with Crippen LogP contribution in [0.3, 0.4) is 0 Å². The van der Waals surface area contributed by atoms with Gasteiger partial charge < -0.3 is 9.47 Å². The van der Waals surface area contributed by atoms with Crippen molar-refractivity contribution in [1.29, 1.82) is 0 Å². The first-order chi connectivity index (χ1) is 12.1. The molecule has 2 heterocycles. The van der Waals surface area contributed by atoms with Crippen LogP contribution in [0.15, 0.2) is 53.8 Å². The largest absolute Gasteiger partial charge is 0.490 e. The van der Waals surface area contributed by atoms with E-state index in [1.54, 1.807) is 48.7 Å². The summed E-state index contributed by atoms with van der Waals surface area (Å²) in [5, 5.41) is 15.5. The summed E-state index contributed by atoms with van der Waals surface area (Å²) in [6.07, 6.45) is 10.3. The summed E-state index contributed by atoms with van der Waals surface area (Å²) in [6, 6.07) is 3.16. The number of aryl methyl sites for hydroxylation is 1. The molecule has 1 aliphatic heterocycles. The molecule has 0 fully saturated rings. The minimum Gasteiger partial charge on any atom is -0.490 e. The summed E-state index contributed by atoms with van der Waals surface area (Å²) in [5.41, 5.74) is 2.19. The van der Waals surface area contributed by atoms with Crippen LogP contribution in [0.5, 0.6) is 5.75 Å². The van der Waals surface area contributed by atoms with Gasteiger partial charge in [0, 0.05) is 37.5 Å². The standard InChI is InChI=1S/C17H16N4O4/c1-20-11-13(9-19-20)15-8-16(21(22)23)17(24-2)7-12(15)6-14-10-18-4-3-5-25-14/h3-5,7-11H,6H2,1-2H3. The molecule has 25 heavy (non-hydrogen) atoms. The molecule has 0 aliphatic carbocycles. The second kappa shape index (κ2) is 7.00. The molecule has 128 valence electrons. The SMILES string of the molecule is COc1cc(CC2=CN=CC=CO2)c(-c2cnn(C)c2)cc1[N+](=O)[O-]. The normalized spacial score (nSPS) is 13.1. The summed E-state index contributed by atoms with van der Waals surface area (Å²) >= 11 is 0. The number of nitro benzene ring substituents is 1. The molecule has 0 bridgehead atoms. The van der Waals surface area contributed by atoms with Gasteiger partial charge in [0.25, 0.3) is 0 Å². The van der Waals surface area contributed by atoms with Crippen LogP contribution in [0.25, 0.3) is 11.1 Å². The van der Waals surface area contributed by atoms with Gasteiger partial charge in [0.15, 0.2) is 5.75 Å². The third-order valence-electron chi connectivity index (χ3n) is 3.67. The van der Waals surface area contributed by atoms with Crippen LogP contribution < -0.4 is 4.74 Å². The smallest absolute Gasteiger partial charge is 0.311 e. The lowest BCUT2D eigenvalue weighted by molar-refractivity contribution is -0.385. The fourth-order valence-electron chi connectivity index (χ4n) is 2.54. The Bertz CT molecular complexity index is 896. The highest BCUT2D eigenvalue weighted by Gasteiger charge is 2.21. The molecule has 0 amide bonds. The summed E-state index contributed by atoms with van der Waals surface area (Å²) in [6.45, 7) is 0. The van der Waals surface area contributed by atoms with E-state index in [9.17, 15) is 10.1 Å². The Hall–Kier alpha value is -3.42. The van der Waals surface area contributed by atoms with Gasteiger partial charge in [0.05, 0.1) is 30.7 Å². The van der Waals surface area contributed by atoms with E-state index >= 15 is 0 Å². The molecule has 2 aromatic rings. The van der Waals surface area contributed by atoms with Crippen molar-refractivity contribution in [3.63, 3.8) is 0 Å². The quantitative estimate of drug-likeness (QED) is 0.616. The molecule has 0 N–H and O–H groups in total. The molecule has 1 aliphatic rings. The Morgan fingerprint density at radius 2 is 2.24 bits per heavy atom. The molecule has 0 unspecified atom stereocenters. The Kier molecular flexibility index (Phi) is 4.60. The second-order valence-electron chi connectivity index (χ2n) is 5.36. The van der Waals surface area contributed by atoms with Crippen molar-refractivity contribution in [3.05, 3.63) is 64.5 Å². The lowest BCUT2D eigenvalue weighted by atomic mass is 9.98. The van der Waals surface area contributed by atoms with Gasteiger partial charge >= 0.3 is 5.69 Å². The van der Waals surface area contributed by atoms with E-state index in [0.717, 1.165) is 11.1 Å². The van der Waals surface area contributed by atoms with Gasteiger partial charge in [-0.2, -0.15) is 5.10 Å². The van der Waals surface area contributed by atoms with Crippen LogP contribution in [-0.2, 0) is 18.2 Å². The van der Waals surface area contributed by atoms with E-state index < -0.39 is 4.92 Å². The minimum atomic E-state index is -0.461. The molecule has 0 saturated heterocycles. The monoisotopic (exact) mass is 340 g/mol. The predicted molar refractivity (Wildman–Crippen MR) is 92.4 cm³/mol. The maximum atomic E-state index is 11.4. The number of hydrogen-bond acceptors (Lipinski definition) is 6. The number of aromatic nitrogens is 2. The summed E-state index contributed by atoms with van der Waals surface area (Å²) in [7, 11) is 3.20. The molecule has 3 rings (SSSR count). The first kappa shape index (κ1) is 16.4. The minimum absolute atomic E-state index is 0.0983. The molecular formula is C17H16N4O4. The fraction of sp³-hybridized carbons (Fsp3) is 0.176. The summed E-state index contributed by atoms with van der Waals surface area (Å²) in [5.74, 6) is 0.812. The number of rotatable bonds is 5. The van der Waals surface area contributed by atoms with Gasteiger partial charge in [-0.05, 0) is 23.3 Å². The molecule has 0 atom stereocenters. The number of ether oxygens (including phenoxy) is 2. The van der Waals surface area contributed by atoms with Crippen LogP contribution in [0.2, 0.25) is 0 Å². The van der Waals surface area contributed by atoms with Crippen LogP contribution >= 0.6 is 0 Å². The number of aliphatic imine (C=N–C) groups is 1. The van der Waals surface area contributed by atoms with E-state index in [4.69, 9.17) is 9.47 Å². The Balaban J connectivity index is 2.11. The zero-order valence-electron chi connectivity index (χ0n) is 13.7. The molecular weight excluding hydrogens is 324 g/mol. The Morgan fingerprint density at radius 1 is 1.40 bits per heavy atom. The maximum Gasteiger partial charge on any atom is 0.311 e. The van der Waals surface area contributed by atoms with Gasteiger partial charge in [-0.15, -0.1) is 0 Å². The van der Waals surface area contributed by atoms with Crippen LogP contribution in [0.4, 0.5) is 5.69 Å². The van der Waals surface area contributed by atoms with Crippen molar-refractivity contribution < 1.29 is 14.4 Å². The second-order valence-corrected chi connectivity index (χ2v) is 5.36. The topological polar surface area (TPSA) is 91.8 Å². The highest BCUT2D eigenvalue weighted by atomic mass is 16.6. The van der Waals surface area contributed by atoms with E-state index in [0.29, 0.717) is 17.7 Å². The number of nitrogens with zero attached hydrogens (tertiary/aromatic N) is 4. The average Bonchev–Trinajstić information content (AvgIpc) is 2.86.